The molecule has 3 heteroatoms. The van der Waals surface area contributed by atoms with Crippen molar-refractivity contribution in [2.75, 3.05) is 0 Å². The molecular weight excluding hydrogens is 655 g/mol. The van der Waals surface area contributed by atoms with Crippen LogP contribution in [0.1, 0.15) is 13.8 Å². The standard InChI is InChI=1S/C49H31N3.C2H6/c1-3-14-32(15-4-1)35-29-42(33-16-5-2-6-17-33)50-43(30-35)34-18-13-19-36(28-34)51-45-25-12-10-23-40(45)49-41-31-48-39-22-8-7-20-37(39)38-21-9-11-24-44(38)52(48)46(41)26-27-47(49)51;1-2/h1-31H;1-2H3. The van der Waals surface area contributed by atoms with Gasteiger partial charge in [-0.2, -0.15) is 0 Å². The van der Waals surface area contributed by atoms with Crippen molar-refractivity contribution in [3.05, 3.63) is 188 Å². The summed E-state index contributed by atoms with van der Waals surface area (Å²) in [6.07, 6.45) is 0. The van der Waals surface area contributed by atoms with E-state index < -0.39 is 0 Å². The van der Waals surface area contributed by atoms with Crippen molar-refractivity contribution < 1.29 is 0 Å². The second kappa shape index (κ2) is 12.9. The maximum Gasteiger partial charge on any atom is 0.0716 e. The number of para-hydroxylation sites is 2. The van der Waals surface area contributed by atoms with Crippen LogP contribution in [0.25, 0.3) is 99.2 Å². The summed E-state index contributed by atoms with van der Waals surface area (Å²) in [5, 5.41) is 7.59. The van der Waals surface area contributed by atoms with Crippen molar-refractivity contribution in [1.82, 2.24) is 14.0 Å². The van der Waals surface area contributed by atoms with E-state index in [1.54, 1.807) is 0 Å². The van der Waals surface area contributed by atoms with Crippen LogP contribution in [-0.4, -0.2) is 14.0 Å². The van der Waals surface area contributed by atoms with E-state index in [0.717, 1.165) is 33.8 Å². The molecule has 0 fully saturated rings. The van der Waals surface area contributed by atoms with Gasteiger partial charge in [-0.3, -0.25) is 0 Å². The van der Waals surface area contributed by atoms with Crippen LogP contribution in [0, 0.1) is 0 Å². The van der Waals surface area contributed by atoms with Crippen molar-refractivity contribution in [2.45, 2.75) is 13.8 Å². The van der Waals surface area contributed by atoms with E-state index in [1.165, 1.54) is 65.5 Å². The molecule has 3 nitrogen and oxygen atoms in total. The molecule has 11 aromatic rings. The molecule has 7 aromatic carbocycles. The van der Waals surface area contributed by atoms with Gasteiger partial charge in [0.1, 0.15) is 0 Å². The molecular formula is C51H37N3. The van der Waals surface area contributed by atoms with Crippen LogP contribution in [0.15, 0.2) is 188 Å². The van der Waals surface area contributed by atoms with Gasteiger partial charge in [0, 0.05) is 43.7 Å². The molecule has 0 aliphatic rings. The fourth-order valence-corrected chi connectivity index (χ4v) is 8.36. The van der Waals surface area contributed by atoms with Crippen molar-refractivity contribution in [3.8, 4) is 39.3 Å². The zero-order valence-electron chi connectivity index (χ0n) is 30.2. The monoisotopic (exact) mass is 691 g/mol. The number of rotatable bonds is 4. The van der Waals surface area contributed by atoms with E-state index in [4.69, 9.17) is 4.98 Å². The molecule has 0 saturated carbocycles. The Morgan fingerprint density at radius 3 is 1.61 bits per heavy atom. The Kier molecular flexibility index (Phi) is 7.59. The van der Waals surface area contributed by atoms with E-state index in [2.05, 4.69) is 197 Å². The van der Waals surface area contributed by atoms with E-state index in [-0.39, 0.29) is 0 Å². The largest absolute Gasteiger partial charge is 0.309 e. The Labute approximate surface area is 314 Å². The van der Waals surface area contributed by atoms with Gasteiger partial charge in [0.2, 0.25) is 0 Å². The predicted octanol–water partition coefficient (Wildman–Crippen LogP) is 13.9. The number of pyridine rings is 2. The lowest BCUT2D eigenvalue weighted by atomic mass is 10.00. The van der Waals surface area contributed by atoms with Crippen LogP contribution in [0.5, 0.6) is 0 Å². The van der Waals surface area contributed by atoms with Crippen molar-refractivity contribution in [3.63, 3.8) is 0 Å². The second-order valence-electron chi connectivity index (χ2n) is 13.6. The quantitative estimate of drug-likeness (QED) is 0.168. The lowest BCUT2D eigenvalue weighted by molar-refractivity contribution is 1.18. The first kappa shape index (κ1) is 31.7. The zero-order valence-corrected chi connectivity index (χ0v) is 30.2. The number of aromatic nitrogens is 3. The van der Waals surface area contributed by atoms with E-state index >= 15 is 0 Å². The summed E-state index contributed by atoms with van der Waals surface area (Å²) in [6.45, 7) is 4.00. The van der Waals surface area contributed by atoms with Crippen LogP contribution < -0.4 is 0 Å². The topological polar surface area (TPSA) is 22.2 Å². The van der Waals surface area contributed by atoms with Crippen LogP contribution in [0.4, 0.5) is 0 Å². The lowest BCUT2D eigenvalue weighted by Gasteiger charge is -2.13. The molecule has 0 amide bonds. The van der Waals surface area contributed by atoms with Crippen LogP contribution in [0.3, 0.4) is 0 Å². The second-order valence-corrected chi connectivity index (χ2v) is 13.6. The van der Waals surface area contributed by atoms with Gasteiger partial charge in [-0.25, -0.2) is 4.98 Å². The fraction of sp³-hybridized carbons (Fsp3) is 0.0392. The Balaban J connectivity index is 0.00000178. The third-order valence-electron chi connectivity index (χ3n) is 10.7. The summed E-state index contributed by atoms with van der Waals surface area (Å²) in [5.74, 6) is 0. The van der Waals surface area contributed by atoms with Crippen molar-refractivity contribution in [1.29, 1.82) is 0 Å². The maximum atomic E-state index is 5.25. The number of hydrogen-bond donors (Lipinski definition) is 0. The maximum absolute atomic E-state index is 5.25. The number of benzene rings is 7. The molecule has 0 aliphatic heterocycles. The Morgan fingerprint density at radius 1 is 0.333 bits per heavy atom. The minimum absolute atomic E-state index is 0.947. The van der Waals surface area contributed by atoms with Crippen LogP contribution >= 0.6 is 0 Å². The van der Waals surface area contributed by atoms with Crippen molar-refractivity contribution in [2.24, 2.45) is 0 Å². The number of fused-ring (bicyclic) bond motifs is 12. The summed E-state index contributed by atoms with van der Waals surface area (Å²) in [6, 6.07) is 67.7. The molecule has 11 rings (SSSR count). The molecule has 0 spiro atoms. The average Bonchev–Trinajstić information content (AvgIpc) is 3.82. The first-order chi connectivity index (χ1) is 26.8. The van der Waals surface area contributed by atoms with Gasteiger partial charge >= 0.3 is 0 Å². The molecule has 0 bridgehead atoms. The Morgan fingerprint density at radius 2 is 0.870 bits per heavy atom. The summed E-state index contributed by atoms with van der Waals surface area (Å²) < 4.78 is 4.88. The normalized spacial score (nSPS) is 11.5. The molecule has 0 atom stereocenters. The van der Waals surface area contributed by atoms with Gasteiger partial charge in [0.25, 0.3) is 0 Å². The first-order valence-electron chi connectivity index (χ1n) is 18.8. The molecule has 0 saturated heterocycles. The highest BCUT2D eigenvalue weighted by atomic mass is 15.0. The third-order valence-corrected chi connectivity index (χ3v) is 10.7. The smallest absolute Gasteiger partial charge is 0.0716 e. The van der Waals surface area contributed by atoms with Gasteiger partial charge in [-0.1, -0.05) is 147 Å². The van der Waals surface area contributed by atoms with Crippen LogP contribution in [0.2, 0.25) is 0 Å². The van der Waals surface area contributed by atoms with Gasteiger partial charge in [0.05, 0.1) is 39.0 Å². The summed E-state index contributed by atoms with van der Waals surface area (Å²) in [7, 11) is 0. The van der Waals surface area contributed by atoms with E-state index in [9.17, 15) is 0 Å². The highest BCUT2D eigenvalue weighted by Gasteiger charge is 2.19. The lowest BCUT2D eigenvalue weighted by Crippen LogP contribution is -1.96. The molecule has 0 aliphatic carbocycles. The molecule has 0 N–H and O–H groups in total. The SMILES string of the molecule is CC.c1ccc(-c2cc(-c3ccccc3)nc(-c3cccc(-n4c5ccccc5c5c6cc7c8ccccc8c8ccccc8n7c6ccc54)c3)c2)cc1. The number of hydrogen-bond acceptors (Lipinski definition) is 1. The molecule has 0 radical (unpaired) electrons. The van der Waals surface area contributed by atoms with Gasteiger partial charge in [-0.05, 0) is 71.1 Å². The molecule has 4 heterocycles. The third kappa shape index (κ3) is 4.93. The van der Waals surface area contributed by atoms with Crippen molar-refractivity contribution >= 4 is 59.9 Å². The highest BCUT2D eigenvalue weighted by Crippen LogP contribution is 2.41. The average molecular weight is 692 g/mol. The summed E-state index contributed by atoms with van der Waals surface area (Å²) >= 11 is 0. The minimum Gasteiger partial charge on any atom is -0.309 e. The Bertz CT molecular complexity index is 3110. The highest BCUT2D eigenvalue weighted by molar-refractivity contribution is 6.25. The predicted molar refractivity (Wildman–Crippen MR) is 230 cm³/mol. The zero-order chi connectivity index (χ0) is 36.2. The molecule has 4 aromatic heterocycles. The fourth-order valence-electron chi connectivity index (χ4n) is 8.36. The van der Waals surface area contributed by atoms with Crippen LogP contribution in [-0.2, 0) is 0 Å². The molecule has 256 valence electrons. The molecule has 0 unspecified atom stereocenters. The first-order valence-corrected chi connectivity index (χ1v) is 18.8. The van der Waals surface area contributed by atoms with Gasteiger partial charge in [0.15, 0.2) is 0 Å². The Hall–Kier alpha value is -6.97. The van der Waals surface area contributed by atoms with E-state index in [1.807, 2.05) is 13.8 Å². The molecule has 54 heavy (non-hydrogen) atoms. The van der Waals surface area contributed by atoms with E-state index in [0.29, 0.717) is 0 Å². The minimum atomic E-state index is 0.947. The summed E-state index contributed by atoms with van der Waals surface area (Å²) in [4.78, 5) is 5.25. The van der Waals surface area contributed by atoms with Gasteiger partial charge < -0.3 is 8.97 Å². The number of nitrogens with zero attached hydrogens (tertiary/aromatic N) is 3. The van der Waals surface area contributed by atoms with Gasteiger partial charge in [-0.15, -0.1) is 0 Å². The summed E-state index contributed by atoms with van der Waals surface area (Å²) in [5.41, 5.74) is 13.6.